The van der Waals surface area contributed by atoms with E-state index in [2.05, 4.69) is 29.9 Å². The van der Waals surface area contributed by atoms with Crippen molar-refractivity contribution in [2.75, 3.05) is 31.3 Å². The molecule has 5 saturated heterocycles. The average Bonchev–Trinajstić information content (AvgIpc) is 1.90. The zero-order valence-electron chi connectivity index (χ0n) is 46.7. The highest BCUT2D eigenvalue weighted by atomic mass is 35.5. The van der Waals surface area contributed by atoms with Crippen molar-refractivity contribution in [3.05, 3.63) is 123 Å². The molecule has 8 aliphatic rings. The first-order valence-electron chi connectivity index (χ1n) is 28.2. The Morgan fingerprint density at radius 1 is 0.471 bits per heavy atom. The highest BCUT2D eigenvalue weighted by Crippen LogP contribution is 2.53. The third-order valence-corrected chi connectivity index (χ3v) is 21.3. The fraction of sp³-hybridized carbons (Fsp3) is 0.474. The minimum Gasteiger partial charge on any atom is -0.387 e. The Kier molecular flexibility index (Phi) is 15.2. The number of aliphatic hydroxyl groups excluding tert-OH is 2. The summed E-state index contributed by atoms with van der Waals surface area (Å²) in [6, 6.07) is 11.5. The molecule has 8 aliphatic heterocycles. The van der Waals surface area contributed by atoms with Gasteiger partial charge in [-0.15, -0.1) is 34.0 Å². The van der Waals surface area contributed by atoms with Gasteiger partial charge in [0.1, 0.15) is 126 Å². The van der Waals surface area contributed by atoms with Crippen LogP contribution in [0.25, 0.3) is 33.1 Å². The Labute approximate surface area is 528 Å². The molecular formula is C57H57Cl4N11O12S3. The molecule has 6 N–H and O–H groups in total. The molecule has 0 radical (unpaired) electrons. The van der Waals surface area contributed by atoms with Crippen molar-refractivity contribution in [1.29, 1.82) is 0 Å². The summed E-state index contributed by atoms with van der Waals surface area (Å²) in [6.07, 6.45) is 4.65. The number of thiophene rings is 3. The van der Waals surface area contributed by atoms with Crippen LogP contribution in [0.3, 0.4) is 0 Å². The number of fused-ring (bicyclic) bond motifs is 8. The van der Waals surface area contributed by atoms with Gasteiger partial charge >= 0.3 is 0 Å². The average molecular weight is 1330 g/mol. The second-order valence-corrected chi connectivity index (χ2v) is 28.6. The summed E-state index contributed by atoms with van der Waals surface area (Å²) >= 11 is 29.5. The molecule has 9 aromatic rings. The van der Waals surface area contributed by atoms with E-state index in [0.717, 1.165) is 58.9 Å². The van der Waals surface area contributed by atoms with Crippen LogP contribution >= 0.6 is 80.4 Å². The second kappa shape index (κ2) is 22.6. The van der Waals surface area contributed by atoms with Gasteiger partial charge in [0.05, 0.1) is 49.0 Å². The van der Waals surface area contributed by atoms with Crippen molar-refractivity contribution in [3.8, 4) is 0 Å². The first-order chi connectivity index (χ1) is 41.9. The SMILES string of the molecule is CC1(C)O[C@H]2[C@@H](O1)[C@H](n1ccc3c(Cl)ncnc31)O[C@@H]2[C@@H]1OCCc2cc(Cl)sc21.CC1(C)O[C@H]2[C@@H](O1)[C@H](n1ccc3c(N)ncnc31)O[C@@H]2[C@@H]1OCCc2cc(Cl)sc21.Nc1ncnc2c1ccn2[C@@H]1O[C@H]([C@@H]2OCCc3cc(Cl)sc32)[C@@H](O)[C@H]1O. The van der Waals surface area contributed by atoms with Gasteiger partial charge in [-0.05, 0) is 100 Å². The van der Waals surface area contributed by atoms with Crippen LogP contribution in [0.4, 0.5) is 11.6 Å². The van der Waals surface area contributed by atoms with Crippen LogP contribution in [-0.4, -0.2) is 140 Å². The Balaban J connectivity index is 0.000000110. The molecule has 0 saturated carbocycles. The van der Waals surface area contributed by atoms with Crippen LogP contribution in [0.2, 0.25) is 18.2 Å². The standard InChI is InChI=1S/C20H19Cl2N3O4S.C20H21ClN4O4S.C17H17ClN4O4S/c2*1-20(2)28-13-12(14-16-9(4-6-26-14)7-11(21)30-16)27-19(15(13)29-20)25-5-3-10-17(22)23-8-24-18(10)25;18-9-5-7-2-4-25-13(14(7)27-9)12-10(23)11(24)17(26-12)22-3-1-8-15(19)20-6-21-16(8)22/h3,5,7-8,12-15,19H,4,6H2,1-2H3;3,5,7-8,12-15,19H,4,6H2,1-2H3,(H2,22,23,24);1,3,5-6,10-13,17,23-24H,2,4H2,(H2,19,20,21)/t2*12-,13+,14-,15+,19+;10-,11+,12-,13-,17+/m000/s1. The Bertz CT molecular complexity index is 3910. The van der Waals surface area contributed by atoms with E-state index in [-0.39, 0.29) is 48.8 Å². The van der Waals surface area contributed by atoms with Crippen molar-refractivity contribution in [3.63, 3.8) is 0 Å². The van der Waals surface area contributed by atoms with Crippen LogP contribution < -0.4 is 11.5 Å². The number of aliphatic hydroxyl groups is 2. The number of nitrogens with zero attached hydrogens (tertiary/aromatic N) is 9. The molecule has 87 heavy (non-hydrogen) atoms. The number of halogens is 4. The van der Waals surface area contributed by atoms with Gasteiger partial charge in [-0.1, -0.05) is 46.4 Å². The molecule has 0 aliphatic carbocycles. The number of nitrogens with two attached hydrogens (primary N) is 2. The summed E-state index contributed by atoms with van der Waals surface area (Å²) in [7, 11) is 0. The zero-order chi connectivity index (χ0) is 59.9. The molecule has 30 heteroatoms. The number of ether oxygens (including phenoxy) is 10. The highest BCUT2D eigenvalue weighted by molar-refractivity contribution is 7.17. The van der Waals surface area contributed by atoms with E-state index in [1.165, 1.54) is 41.4 Å². The predicted molar refractivity (Wildman–Crippen MR) is 323 cm³/mol. The smallest absolute Gasteiger partial charge is 0.164 e. The van der Waals surface area contributed by atoms with Gasteiger partial charge in [-0.3, -0.25) is 0 Å². The lowest BCUT2D eigenvalue weighted by Crippen LogP contribution is -2.37. The van der Waals surface area contributed by atoms with E-state index in [1.54, 1.807) is 39.5 Å². The molecule has 5 fully saturated rings. The Morgan fingerprint density at radius 3 is 1.29 bits per heavy atom. The van der Waals surface area contributed by atoms with E-state index >= 15 is 0 Å². The lowest BCUT2D eigenvalue weighted by Gasteiger charge is -2.31. The van der Waals surface area contributed by atoms with Crippen LogP contribution in [0.5, 0.6) is 0 Å². The van der Waals surface area contributed by atoms with E-state index in [9.17, 15) is 10.2 Å². The number of aromatic nitrogens is 9. The zero-order valence-corrected chi connectivity index (χ0v) is 52.2. The topological polar surface area (TPSA) is 277 Å². The van der Waals surface area contributed by atoms with E-state index < -0.39 is 54.7 Å². The van der Waals surface area contributed by atoms with Gasteiger partial charge in [0, 0.05) is 33.2 Å². The Morgan fingerprint density at radius 2 is 0.839 bits per heavy atom. The maximum Gasteiger partial charge on any atom is 0.164 e. The lowest BCUT2D eigenvalue weighted by molar-refractivity contribution is -0.212. The number of rotatable bonds is 6. The molecule has 0 spiro atoms. The van der Waals surface area contributed by atoms with Gasteiger partial charge in [0.15, 0.2) is 30.3 Å². The van der Waals surface area contributed by atoms with Crippen molar-refractivity contribution in [2.45, 2.75) is 150 Å². The monoisotopic (exact) mass is 1320 g/mol. The van der Waals surface area contributed by atoms with Crippen molar-refractivity contribution in [2.24, 2.45) is 0 Å². The summed E-state index contributed by atoms with van der Waals surface area (Å²) in [5, 5.41) is 24.0. The molecule has 15 atom stereocenters. The van der Waals surface area contributed by atoms with Crippen LogP contribution in [0.1, 0.15) is 96.0 Å². The molecule has 0 aromatic carbocycles. The largest absolute Gasteiger partial charge is 0.387 e. The van der Waals surface area contributed by atoms with Crippen LogP contribution in [0, 0.1) is 0 Å². The summed E-state index contributed by atoms with van der Waals surface area (Å²) in [6.45, 7) is 9.42. The fourth-order valence-electron chi connectivity index (χ4n) is 13.2. The summed E-state index contributed by atoms with van der Waals surface area (Å²) in [4.78, 5) is 28.3. The minimum absolute atomic E-state index is 0.261. The molecule has 17 heterocycles. The van der Waals surface area contributed by atoms with Gasteiger partial charge in [-0.25, -0.2) is 29.9 Å². The van der Waals surface area contributed by atoms with E-state index in [1.807, 2.05) is 79.6 Å². The molecule has 9 aromatic heterocycles. The van der Waals surface area contributed by atoms with E-state index in [0.29, 0.717) is 63.3 Å². The first kappa shape index (κ1) is 58.6. The third-order valence-electron chi connectivity index (χ3n) is 16.9. The summed E-state index contributed by atoms with van der Waals surface area (Å²) in [5.41, 5.74) is 17.4. The predicted octanol–water partition coefficient (Wildman–Crippen LogP) is 9.65. The number of anilines is 2. The molecule has 0 amide bonds. The maximum atomic E-state index is 10.7. The molecular weight excluding hydrogens is 1270 g/mol. The number of nitrogen functional groups attached to an aromatic ring is 2. The van der Waals surface area contributed by atoms with E-state index in [4.69, 9.17) is 105 Å². The van der Waals surface area contributed by atoms with Gasteiger partial charge in [0.25, 0.3) is 0 Å². The summed E-state index contributed by atoms with van der Waals surface area (Å²) in [5.74, 6) is -0.675. The van der Waals surface area contributed by atoms with Crippen molar-refractivity contribution in [1.82, 2.24) is 43.6 Å². The molecule has 0 bridgehead atoms. The summed E-state index contributed by atoms with van der Waals surface area (Å²) < 4.78 is 70.4. The number of hydrogen-bond donors (Lipinski definition) is 4. The first-order valence-corrected chi connectivity index (χ1v) is 32.2. The van der Waals surface area contributed by atoms with Gasteiger partial charge in [0.2, 0.25) is 0 Å². The lowest BCUT2D eigenvalue weighted by atomic mass is 9.99. The fourth-order valence-corrected chi connectivity index (χ4v) is 17.6. The quantitative estimate of drug-likeness (QED) is 0.113. The van der Waals surface area contributed by atoms with Crippen molar-refractivity contribution >= 4 is 125 Å². The maximum absolute atomic E-state index is 10.7. The molecule has 0 unspecified atom stereocenters. The van der Waals surface area contributed by atoms with Crippen molar-refractivity contribution < 1.29 is 57.6 Å². The highest BCUT2D eigenvalue weighted by Gasteiger charge is 2.61. The molecule has 23 nitrogen and oxygen atoms in total. The van der Waals surface area contributed by atoms with Crippen LogP contribution in [-0.2, 0) is 66.6 Å². The Hall–Kier alpha value is -4.76. The molecule has 458 valence electrons. The third kappa shape index (κ3) is 10.3. The normalized spacial score (nSPS) is 31.9. The minimum atomic E-state index is -1.15. The van der Waals surface area contributed by atoms with Crippen LogP contribution in [0.15, 0.2) is 74.0 Å². The number of hydrogen-bond acceptors (Lipinski definition) is 23. The van der Waals surface area contributed by atoms with Gasteiger partial charge in [-0.2, -0.15) is 0 Å². The molecule has 17 rings (SSSR count). The van der Waals surface area contributed by atoms with Gasteiger partial charge < -0.3 is 82.8 Å². The second-order valence-electron chi connectivity index (χ2n) is 23.1.